The number of nitrogens with zero attached hydrogens (tertiary/aromatic N) is 1. The van der Waals surface area contributed by atoms with Crippen LogP contribution in [-0.2, 0) is 10.0 Å². The summed E-state index contributed by atoms with van der Waals surface area (Å²) in [6.07, 6.45) is 0. The van der Waals surface area contributed by atoms with Gasteiger partial charge in [0.2, 0.25) is 0 Å². The lowest BCUT2D eigenvalue weighted by atomic mass is 10.1. The summed E-state index contributed by atoms with van der Waals surface area (Å²) in [4.78, 5) is 12.6. The maximum Gasteiger partial charge on any atom is 0.264 e. The molecule has 0 saturated carbocycles. The van der Waals surface area contributed by atoms with Crippen LogP contribution in [0.5, 0.6) is 0 Å². The van der Waals surface area contributed by atoms with Crippen LogP contribution in [0, 0.1) is 18.6 Å². The highest BCUT2D eigenvalue weighted by atomic mass is 32.2. The van der Waals surface area contributed by atoms with Gasteiger partial charge in [-0.1, -0.05) is 30.3 Å². The van der Waals surface area contributed by atoms with Crippen molar-refractivity contribution in [2.75, 3.05) is 16.7 Å². The van der Waals surface area contributed by atoms with Crippen molar-refractivity contribution in [3.8, 4) is 0 Å². The van der Waals surface area contributed by atoms with Crippen LogP contribution in [0.25, 0.3) is 0 Å². The minimum absolute atomic E-state index is 0.0587. The number of rotatable bonds is 5. The Balaban J connectivity index is 1.95. The summed E-state index contributed by atoms with van der Waals surface area (Å²) in [6.45, 7) is 1.70. The highest BCUT2D eigenvalue weighted by Crippen LogP contribution is 2.27. The van der Waals surface area contributed by atoms with Crippen molar-refractivity contribution in [1.82, 2.24) is 0 Å². The van der Waals surface area contributed by atoms with Crippen molar-refractivity contribution in [1.29, 1.82) is 0 Å². The molecular weight excluding hydrogens is 398 g/mol. The van der Waals surface area contributed by atoms with Crippen LogP contribution in [0.1, 0.15) is 15.9 Å². The molecule has 0 saturated heterocycles. The van der Waals surface area contributed by atoms with Crippen LogP contribution in [0.15, 0.2) is 71.6 Å². The fraction of sp³-hybridized carbons (Fsp3) is 0.0952. The summed E-state index contributed by atoms with van der Waals surface area (Å²) < 4.78 is 54.4. The SMILES string of the molecule is Cc1ccc(C(=O)Nc2c(F)cccc2F)cc1N(C)S(=O)(=O)c1ccccc1. The third-order valence-corrected chi connectivity index (χ3v) is 6.20. The van der Waals surface area contributed by atoms with E-state index in [4.69, 9.17) is 0 Å². The van der Waals surface area contributed by atoms with Gasteiger partial charge in [0.25, 0.3) is 15.9 Å². The predicted molar refractivity (Wildman–Crippen MR) is 108 cm³/mol. The Morgan fingerprint density at radius 2 is 1.55 bits per heavy atom. The first-order valence-electron chi connectivity index (χ1n) is 8.62. The summed E-state index contributed by atoms with van der Waals surface area (Å²) in [7, 11) is -2.47. The van der Waals surface area contributed by atoms with Crippen LogP contribution in [0.4, 0.5) is 20.2 Å². The van der Waals surface area contributed by atoms with Crippen molar-refractivity contribution >= 4 is 27.3 Å². The Morgan fingerprint density at radius 1 is 0.931 bits per heavy atom. The summed E-state index contributed by atoms with van der Waals surface area (Å²) >= 11 is 0. The number of carbonyl (C=O) groups is 1. The molecule has 0 bridgehead atoms. The number of anilines is 2. The van der Waals surface area contributed by atoms with Gasteiger partial charge in [-0.2, -0.15) is 0 Å². The van der Waals surface area contributed by atoms with Gasteiger partial charge in [-0.15, -0.1) is 0 Å². The van der Waals surface area contributed by atoms with Gasteiger partial charge < -0.3 is 5.32 Å². The Kier molecular flexibility index (Phi) is 5.65. The van der Waals surface area contributed by atoms with Gasteiger partial charge >= 0.3 is 0 Å². The van der Waals surface area contributed by atoms with Crippen molar-refractivity contribution in [3.05, 3.63) is 89.5 Å². The van der Waals surface area contributed by atoms with E-state index in [1.54, 1.807) is 31.2 Å². The molecule has 1 N–H and O–H groups in total. The highest BCUT2D eigenvalue weighted by molar-refractivity contribution is 7.92. The number of hydrogen-bond donors (Lipinski definition) is 1. The highest BCUT2D eigenvalue weighted by Gasteiger charge is 2.23. The fourth-order valence-corrected chi connectivity index (χ4v) is 4.05. The van der Waals surface area contributed by atoms with Crippen LogP contribution >= 0.6 is 0 Å². The number of carbonyl (C=O) groups excluding carboxylic acids is 1. The lowest BCUT2D eigenvalue weighted by molar-refractivity contribution is 0.102. The average Bonchev–Trinajstić information content (AvgIpc) is 2.71. The molecule has 0 aliphatic heterocycles. The van der Waals surface area contributed by atoms with Gasteiger partial charge in [-0.25, -0.2) is 17.2 Å². The number of amides is 1. The van der Waals surface area contributed by atoms with E-state index in [1.165, 1.54) is 37.4 Å². The van der Waals surface area contributed by atoms with Gasteiger partial charge in [0.05, 0.1) is 10.6 Å². The fourth-order valence-electron chi connectivity index (χ4n) is 2.77. The minimum atomic E-state index is -3.85. The number of benzene rings is 3. The molecule has 29 heavy (non-hydrogen) atoms. The largest absolute Gasteiger partial charge is 0.317 e. The third kappa shape index (κ3) is 4.12. The van der Waals surface area contributed by atoms with E-state index in [2.05, 4.69) is 5.32 Å². The lowest BCUT2D eigenvalue weighted by Crippen LogP contribution is -2.27. The summed E-state index contributed by atoms with van der Waals surface area (Å²) in [5.74, 6) is -2.58. The van der Waals surface area contributed by atoms with Crippen molar-refractivity contribution in [3.63, 3.8) is 0 Å². The Bertz CT molecular complexity index is 1150. The minimum Gasteiger partial charge on any atom is -0.317 e. The van der Waals surface area contributed by atoms with Crippen molar-refractivity contribution in [2.45, 2.75) is 11.8 Å². The van der Waals surface area contributed by atoms with Gasteiger partial charge in [0.1, 0.15) is 17.3 Å². The molecule has 0 aliphatic carbocycles. The number of para-hydroxylation sites is 1. The van der Waals surface area contributed by atoms with E-state index >= 15 is 0 Å². The zero-order chi connectivity index (χ0) is 21.2. The smallest absolute Gasteiger partial charge is 0.264 e. The van der Waals surface area contributed by atoms with E-state index in [1.807, 2.05) is 0 Å². The Morgan fingerprint density at radius 3 is 2.17 bits per heavy atom. The van der Waals surface area contributed by atoms with Crippen LogP contribution in [0.2, 0.25) is 0 Å². The second kappa shape index (κ2) is 8.00. The van der Waals surface area contributed by atoms with Crippen molar-refractivity contribution < 1.29 is 22.0 Å². The second-order valence-electron chi connectivity index (χ2n) is 6.34. The maximum atomic E-state index is 13.8. The molecular formula is C21H18F2N2O3S. The molecule has 0 aliphatic rings. The lowest BCUT2D eigenvalue weighted by Gasteiger charge is -2.22. The maximum absolute atomic E-state index is 13.8. The zero-order valence-corrected chi connectivity index (χ0v) is 16.5. The number of hydrogen-bond acceptors (Lipinski definition) is 3. The standard InChI is InChI=1S/C21H18F2N2O3S/c1-14-11-12-15(21(26)24-20-17(22)9-6-10-18(20)23)13-19(14)25(2)29(27,28)16-7-4-3-5-8-16/h3-13H,1-2H3,(H,24,26). The summed E-state index contributed by atoms with van der Waals surface area (Å²) in [5.41, 5.74) is 0.379. The van der Waals surface area contributed by atoms with Crippen LogP contribution in [-0.4, -0.2) is 21.4 Å². The van der Waals surface area contributed by atoms with E-state index in [9.17, 15) is 22.0 Å². The first-order valence-corrected chi connectivity index (χ1v) is 10.1. The van der Waals surface area contributed by atoms with E-state index < -0.39 is 33.3 Å². The first-order chi connectivity index (χ1) is 13.7. The molecule has 0 spiro atoms. The number of nitrogens with one attached hydrogen (secondary N) is 1. The number of halogens is 2. The Labute approximate surface area is 167 Å². The average molecular weight is 416 g/mol. The normalized spacial score (nSPS) is 11.2. The molecule has 0 radical (unpaired) electrons. The molecule has 0 heterocycles. The molecule has 150 valence electrons. The van der Waals surface area contributed by atoms with Gasteiger partial charge in [-0.3, -0.25) is 9.10 Å². The van der Waals surface area contributed by atoms with Crippen LogP contribution < -0.4 is 9.62 Å². The topological polar surface area (TPSA) is 66.5 Å². The molecule has 0 atom stereocenters. The summed E-state index contributed by atoms with van der Waals surface area (Å²) in [5, 5.41) is 2.19. The quantitative estimate of drug-likeness (QED) is 0.672. The van der Waals surface area contributed by atoms with E-state index in [0.717, 1.165) is 16.4 Å². The number of aryl methyl sites for hydroxylation is 1. The van der Waals surface area contributed by atoms with Gasteiger partial charge in [0.15, 0.2) is 0 Å². The molecule has 1 amide bonds. The summed E-state index contributed by atoms with van der Waals surface area (Å²) in [6, 6.07) is 15.5. The van der Waals surface area contributed by atoms with Gasteiger partial charge in [0, 0.05) is 12.6 Å². The monoisotopic (exact) mass is 416 g/mol. The molecule has 3 aromatic carbocycles. The van der Waals surface area contributed by atoms with Crippen molar-refractivity contribution in [2.24, 2.45) is 0 Å². The molecule has 0 aromatic heterocycles. The molecule has 3 rings (SSSR count). The third-order valence-electron chi connectivity index (χ3n) is 4.41. The zero-order valence-electron chi connectivity index (χ0n) is 15.7. The molecule has 3 aromatic rings. The molecule has 0 unspecified atom stereocenters. The first kappa shape index (κ1) is 20.5. The van der Waals surface area contributed by atoms with E-state index in [0.29, 0.717) is 5.56 Å². The number of sulfonamides is 1. The predicted octanol–water partition coefficient (Wildman–Crippen LogP) is 4.35. The van der Waals surface area contributed by atoms with Gasteiger partial charge in [-0.05, 0) is 48.9 Å². The Hall–Kier alpha value is -3.26. The molecule has 0 fully saturated rings. The van der Waals surface area contributed by atoms with Crippen LogP contribution in [0.3, 0.4) is 0 Å². The molecule has 5 nitrogen and oxygen atoms in total. The van der Waals surface area contributed by atoms with E-state index in [-0.39, 0.29) is 16.1 Å². The molecule has 8 heteroatoms. The second-order valence-corrected chi connectivity index (χ2v) is 8.31.